The fourth-order valence-electron chi connectivity index (χ4n) is 2.65. The van der Waals surface area contributed by atoms with Crippen molar-refractivity contribution in [2.75, 3.05) is 6.54 Å². The molecule has 0 aliphatic heterocycles. The van der Waals surface area contributed by atoms with Gasteiger partial charge in [0.1, 0.15) is 0 Å². The molecule has 1 heteroatoms. The van der Waals surface area contributed by atoms with E-state index in [4.69, 9.17) is 0 Å². The summed E-state index contributed by atoms with van der Waals surface area (Å²) in [6.07, 6.45) is 4.81. The molecule has 0 amide bonds. The summed E-state index contributed by atoms with van der Waals surface area (Å²) in [7, 11) is 0. The molecule has 0 radical (unpaired) electrons. The van der Waals surface area contributed by atoms with Crippen LogP contribution in [0.2, 0.25) is 0 Å². The number of benzene rings is 2. The van der Waals surface area contributed by atoms with Crippen molar-refractivity contribution in [3.63, 3.8) is 0 Å². The molecule has 0 aliphatic carbocycles. The maximum absolute atomic E-state index is 2.50. The number of nitrogens with zero attached hydrogens (tertiary/aromatic N) is 1. The lowest BCUT2D eigenvalue weighted by Crippen LogP contribution is -2.23. The largest absolute Gasteiger partial charge is 0.291 e. The monoisotopic (exact) mass is 293 g/mol. The molecule has 22 heavy (non-hydrogen) atoms. The van der Waals surface area contributed by atoms with Crippen LogP contribution in [0.1, 0.15) is 37.8 Å². The summed E-state index contributed by atoms with van der Waals surface area (Å²) in [5.41, 5.74) is 4.24. The average Bonchev–Trinajstić information content (AvgIpc) is 2.55. The third-order valence-electron chi connectivity index (χ3n) is 3.84. The highest BCUT2D eigenvalue weighted by atomic mass is 15.1. The second-order valence-corrected chi connectivity index (χ2v) is 5.94. The van der Waals surface area contributed by atoms with Crippen LogP contribution in [0.3, 0.4) is 0 Å². The van der Waals surface area contributed by atoms with E-state index in [0.29, 0.717) is 0 Å². The summed E-state index contributed by atoms with van der Waals surface area (Å²) in [5, 5.41) is 0. The molecule has 2 rings (SSSR count). The second kappa shape index (κ2) is 9.22. The molecule has 116 valence electrons. The summed E-state index contributed by atoms with van der Waals surface area (Å²) in [5.74, 6) is 0. The Morgan fingerprint density at radius 1 is 0.864 bits per heavy atom. The first-order chi connectivity index (χ1) is 10.8. The molecule has 2 aromatic rings. The van der Waals surface area contributed by atoms with Crippen molar-refractivity contribution in [3.8, 4) is 0 Å². The number of rotatable bonds is 8. The molecule has 0 unspecified atom stereocenters. The molecule has 0 N–H and O–H groups in total. The van der Waals surface area contributed by atoms with Crippen LogP contribution in [0.15, 0.2) is 72.3 Å². The van der Waals surface area contributed by atoms with E-state index in [-0.39, 0.29) is 0 Å². The van der Waals surface area contributed by atoms with E-state index in [9.17, 15) is 0 Å². The summed E-state index contributed by atoms with van der Waals surface area (Å²) < 4.78 is 0. The van der Waals surface area contributed by atoms with Crippen molar-refractivity contribution in [3.05, 3.63) is 83.4 Å². The van der Waals surface area contributed by atoms with Gasteiger partial charge in [-0.3, -0.25) is 4.90 Å². The van der Waals surface area contributed by atoms with Crippen molar-refractivity contribution in [1.82, 2.24) is 4.90 Å². The molecule has 2 aromatic carbocycles. The predicted molar refractivity (Wildman–Crippen MR) is 95.7 cm³/mol. The van der Waals surface area contributed by atoms with E-state index in [2.05, 4.69) is 85.5 Å². The molecule has 0 spiro atoms. The van der Waals surface area contributed by atoms with Crippen molar-refractivity contribution >= 4 is 0 Å². The molecule has 0 bridgehead atoms. The summed E-state index contributed by atoms with van der Waals surface area (Å²) in [6, 6.07) is 21.5. The van der Waals surface area contributed by atoms with E-state index in [1.54, 1.807) is 0 Å². The van der Waals surface area contributed by atoms with Gasteiger partial charge < -0.3 is 0 Å². The van der Waals surface area contributed by atoms with Crippen molar-refractivity contribution in [2.24, 2.45) is 0 Å². The van der Waals surface area contributed by atoms with Gasteiger partial charge in [-0.25, -0.2) is 0 Å². The standard InChI is InChI=1S/C21H27N/c1-3-10-19(2)15-16-22(17-20-11-6-4-7-12-20)18-21-13-8-5-9-14-21/h4-9,11-15H,3,10,16-18H2,1-2H3/b19-15-. The van der Waals surface area contributed by atoms with Gasteiger partial charge in [-0.1, -0.05) is 85.7 Å². The van der Waals surface area contributed by atoms with Gasteiger partial charge in [0.05, 0.1) is 0 Å². The van der Waals surface area contributed by atoms with Crippen LogP contribution in [-0.4, -0.2) is 11.4 Å². The fraction of sp³-hybridized carbons (Fsp3) is 0.333. The Kier molecular flexibility index (Phi) is 6.92. The minimum atomic E-state index is 0.992. The van der Waals surface area contributed by atoms with Crippen LogP contribution in [0, 0.1) is 0 Å². The molecule has 0 fully saturated rings. The first-order valence-electron chi connectivity index (χ1n) is 8.23. The topological polar surface area (TPSA) is 3.24 Å². The van der Waals surface area contributed by atoms with Crippen molar-refractivity contribution < 1.29 is 0 Å². The highest BCUT2D eigenvalue weighted by molar-refractivity contribution is 5.17. The van der Waals surface area contributed by atoms with Crippen LogP contribution in [0.4, 0.5) is 0 Å². The average molecular weight is 293 g/mol. The maximum atomic E-state index is 2.50. The Labute approximate surface area is 135 Å². The van der Waals surface area contributed by atoms with E-state index in [0.717, 1.165) is 19.6 Å². The van der Waals surface area contributed by atoms with Crippen LogP contribution < -0.4 is 0 Å². The van der Waals surface area contributed by atoms with Gasteiger partial charge in [0, 0.05) is 19.6 Å². The van der Waals surface area contributed by atoms with Crippen LogP contribution in [0.5, 0.6) is 0 Å². The zero-order chi connectivity index (χ0) is 15.6. The summed E-state index contributed by atoms with van der Waals surface area (Å²) >= 11 is 0. The number of hydrogen-bond donors (Lipinski definition) is 0. The molecular weight excluding hydrogens is 266 g/mol. The minimum absolute atomic E-state index is 0.992. The van der Waals surface area contributed by atoms with Gasteiger partial charge in [-0.15, -0.1) is 0 Å². The maximum Gasteiger partial charge on any atom is 0.0240 e. The van der Waals surface area contributed by atoms with Gasteiger partial charge in [0.2, 0.25) is 0 Å². The second-order valence-electron chi connectivity index (χ2n) is 5.94. The van der Waals surface area contributed by atoms with Gasteiger partial charge >= 0.3 is 0 Å². The van der Waals surface area contributed by atoms with Crippen molar-refractivity contribution in [2.45, 2.75) is 39.8 Å². The lowest BCUT2D eigenvalue weighted by atomic mass is 10.1. The first-order valence-corrected chi connectivity index (χ1v) is 8.23. The van der Waals surface area contributed by atoms with E-state index >= 15 is 0 Å². The highest BCUT2D eigenvalue weighted by Crippen LogP contribution is 2.11. The lowest BCUT2D eigenvalue weighted by molar-refractivity contribution is 0.285. The Bertz CT molecular complexity index is 515. The van der Waals surface area contributed by atoms with E-state index < -0.39 is 0 Å². The van der Waals surface area contributed by atoms with Crippen LogP contribution in [0.25, 0.3) is 0 Å². The molecule has 0 saturated carbocycles. The molecular formula is C21H27N. The minimum Gasteiger partial charge on any atom is -0.291 e. The summed E-state index contributed by atoms with van der Waals surface area (Å²) in [6.45, 7) is 7.47. The Balaban J connectivity index is 2.04. The van der Waals surface area contributed by atoms with Gasteiger partial charge in [0.25, 0.3) is 0 Å². The zero-order valence-corrected chi connectivity index (χ0v) is 13.8. The van der Waals surface area contributed by atoms with Gasteiger partial charge in [-0.05, 0) is 24.5 Å². The SMILES string of the molecule is CCC/C(C)=C\CN(Cc1ccccc1)Cc1ccccc1. The Morgan fingerprint density at radius 2 is 1.36 bits per heavy atom. The highest BCUT2D eigenvalue weighted by Gasteiger charge is 2.06. The first kappa shape index (κ1) is 16.5. The van der Waals surface area contributed by atoms with Gasteiger partial charge in [-0.2, -0.15) is 0 Å². The Morgan fingerprint density at radius 3 is 1.82 bits per heavy atom. The van der Waals surface area contributed by atoms with E-state index in [1.807, 2.05) is 0 Å². The normalized spacial score (nSPS) is 11.9. The predicted octanol–water partition coefficient (Wildman–Crippen LogP) is 5.44. The van der Waals surface area contributed by atoms with E-state index in [1.165, 1.54) is 29.5 Å². The lowest BCUT2D eigenvalue weighted by Gasteiger charge is -2.21. The third-order valence-corrected chi connectivity index (χ3v) is 3.84. The van der Waals surface area contributed by atoms with Gasteiger partial charge in [0.15, 0.2) is 0 Å². The quantitative estimate of drug-likeness (QED) is 0.586. The third kappa shape index (κ3) is 5.87. The summed E-state index contributed by atoms with van der Waals surface area (Å²) in [4.78, 5) is 2.50. The Hall–Kier alpha value is -1.86. The molecule has 0 aromatic heterocycles. The zero-order valence-electron chi connectivity index (χ0n) is 13.8. The number of hydrogen-bond acceptors (Lipinski definition) is 1. The smallest absolute Gasteiger partial charge is 0.0240 e. The molecule has 0 saturated heterocycles. The van der Waals surface area contributed by atoms with Crippen molar-refractivity contribution in [1.29, 1.82) is 0 Å². The van der Waals surface area contributed by atoms with Crippen LogP contribution in [-0.2, 0) is 13.1 Å². The molecule has 0 heterocycles. The number of allylic oxidation sites excluding steroid dienone is 1. The fourth-order valence-corrected chi connectivity index (χ4v) is 2.65. The molecule has 1 nitrogen and oxygen atoms in total. The van der Waals surface area contributed by atoms with Crippen LogP contribution >= 0.6 is 0 Å². The molecule has 0 aliphatic rings. The molecule has 0 atom stereocenters.